The quantitative estimate of drug-likeness (QED) is 0.360. The predicted octanol–water partition coefficient (Wildman–Crippen LogP) is 5.03. The Kier molecular flexibility index (Phi) is 5.98. The van der Waals surface area contributed by atoms with Gasteiger partial charge in [0.25, 0.3) is 0 Å². The van der Waals surface area contributed by atoms with E-state index in [1.165, 1.54) is 0 Å². The molecule has 3 aromatic carbocycles. The maximum absolute atomic E-state index is 12.8. The van der Waals surface area contributed by atoms with Gasteiger partial charge in [-0.05, 0) is 42.8 Å². The highest BCUT2D eigenvalue weighted by molar-refractivity contribution is 5.96. The number of nitrogens with zero attached hydrogens (tertiary/aromatic N) is 3. The maximum Gasteiger partial charge on any atom is 0.227 e. The van der Waals surface area contributed by atoms with Gasteiger partial charge in [-0.25, -0.2) is 4.98 Å². The molecule has 1 saturated heterocycles. The highest BCUT2D eigenvalue weighted by atomic mass is 16.5. The Bertz CT molecular complexity index is 1250. The molecule has 33 heavy (non-hydrogen) atoms. The zero-order valence-electron chi connectivity index (χ0n) is 18.7. The van der Waals surface area contributed by atoms with E-state index < -0.39 is 0 Å². The summed E-state index contributed by atoms with van der Waals surface area (Å²) in [6.45, 7) is 2.00. The lowest BCUT2D eigenvalue weighted by Crippen LogP contribution is -2.24. The van der Waals surface area contributed by atoms with Crippen molar-refractivity contribution < 1.29 is 14.3 Å². The number of rotatable bonds is 8. The molecule has 0 saturated carbocycles. The number of carbonyl (C=O) groups excluding carboxylic acids is 1. The van der Waals surface area contributed by atoms with E-state index in [-0.39, 0.29) is 11.8 Å². The smallest absolute Gasteiger partial charge is 0.227 e. The minimum atomic E-state index is 0.0596. The molecule has 0 N–H and O–H groups in total. The van der Waals surface area contributed by atoms with Gasteiger partial charge in [0, 0.05) is 37.2 Å². The summed E-state index contributed by atoms with van der Waals surface area (Å²) < 4.78 is 13.5. The van der Waals surface area contributed by atoms with E-state index in [0.717, 1.165) is 47.0 Å². The summed E-state index contributed by atoms with van der Waals surface area (Å²) in [5, 5.41) is 0. The van der Waals surface area contributed by atoms with Gasteiger partial charge in [0.1, 0.15) is 17.3 Å². The Hall–Kier alpha value is -3.80. The highest BCUT2D eigenvalue weighted by Crippen LogP contribution is 2.33. The largest absolute Gasteiger partial charge is 0.497 e. The third-order valence-corrected chi connectivity index (χ3v) is 6.08. The molecule has 1 aliphatic rings. The van der Waals surface area contributed by atoms with Gasteiger partial charge in [-0.15, -0.1) is 0 Å². The zero-order valence-corrected chi connectivity index (χ0v) is 18.7. The molecule has 0 spiro atoms. The summed E-state index contributed by atoms with van der Waals surface area (Å²) in [5.41, 5.74) is 3.01. The standard InChI is InChI=1S/C27H27N3O3/c1-32-22-11-7-12-23(18-22)33-16-8-15-29-25-14-6-5-13-24(25)28-27(29)20-17-26(31)30(19-20)21-9-3-2-4-10-21/h2-7,9-14,18,20H,8,15-17,19H2,1H3/t20-/m1/s1. The first-order chi connectivity index (χ1) is 16.2. The number of hydrogen-bond acceptors (Lipinski definition) is 4. The topological polar surface area (TPSA) is 56.6 Å². The molecule has 4 aromatic rings. The molecule has 6 heteroatoms. The molecule has 168 valence electrons. The number of methoxy groups -OCH3 is 1. The van der Waals surface area contributed by atoms with Gasteiger partial charge in [-0.2, -0.15) is 0 Å². The number of carbonyl (C=O) groups is 1. The third-order valence-electron chi connectivity index (χ3n) is 6.08. The molecule has 1 aliphatic heterocycles. The molecular weight excluding hydrogens is 414 g/mol. The van der Waals surface area contributed by atoms with Crippen LogP contribution in [0.3, 0.4) is 0 Å². The van der Waals surface area contributed by atoms with Crippen LogP contribution in [-0.2, 0) is 11.3 Å². The van der Waals surface area contributed by atoms with Crippen LogP contribution in [0.5, 0.6) is 11.5 Å². The Balaban J connectivity index is 1.33. The van der Waals surface area contributed by atoms with Crippen molar-refractivity contribution in [2.75, 3.05) is 25.2 Å². The molecule has 6 nitrogen and oxygen atoms in total. The van der Waals surface area contributed by atoms with E-state index in [0.29, 0.717) is 19.6 Å². The SMILES string of the molecule is COc1cccc(OCCCn2c([C@@H]3CC(=O)N(c4ccccc4)C3)nc3ccccc32)c1. The van der Waals surface area contributed by atoms with Crippen molar-refractivity contribution in [3.05, 3.63) is 84.7 Å². The van der Waals surface area contributed by atoms with Gasteiger partial charge in [-0.1, -0.05) is 36.4 Å². The van der Waals surface area contributed by atoms with E-state index in [4.69, 9.17) is 14.5 Å². The molecule has 0 aliphatic carbocycles. The van der Waals surface area contributed by atoms with Crippen molar-refractivity contribution in [3.8, 4) is 11.5 Å². The molecule has 1 fully saturated rings. The summed E-state index contributed by atoms with van der Waals surface area (Å²) in [6, 6.07) is 25.7. The van der Waals surface area contributed by atoms with E-state index in [2.05, 4.69) is 10.6 Å². The first-order valence-electron chi connectivity index (χ1n) is 11.3. The van der Waals surface area contributed by atoms with Crippen molar-refractivity contribution in [1.29, 1.82) is 0 Å². The van der Waals surface area contributed by atoms with Crippen LogP contribution in [0.15, 0.2) is 78.9 Å². The molecule has 2 heterocycles. The minimum Gasteiger partial charge on any atom is -0.497 e. The first-order valence-corrected chi connectivity index (χ1v) is 11.3. The van der Waals surface area contributed by atoms with Gasteiger partial charge in [0.2, 0.25) is 5.91 Å². The molecule has 1 amide bonds. The van der Waals surface area contributed by atoms with Crippen LogP contribution in [0.2, 0.25) is 0 Å². The fourth-order valence-electron chi connectivity index (χ4n) is 4.48. The lowest BCUT2D eigenvalue weighted by Gasteiger charge is -2.17. The Morgan fingerprint density at radius 1 is 0.970 bits per heavy atom. The number of imidazole rings is 1. The van der Waals surface area contributed by atoms with Gasteiger partial charge in [0.05, 0.1) is 24.8 Å². The van der Waals surface area contributed by atoms with E-state index in [9.17, 15) is 4.79 Å². The van der Waals surface area contributed by atoms with Crippen LogP contribution >= 0.6 is 0 Å². The average molecular weight is 442 g/mol. The van der Waals surface area contributed by atoms with Crippen LogP contribution in [0.25, 0.3) is 11.0 Å². The fourth-order valence-corrected chi connectivity index (χ4v) is 4.48. The van der Waals surface area contributed by atoms with Crippen molar-refractivity contribution in [2.45, 2.75) is 25.3 Å². The highest BCUT2D eigenvalue weighted by Gasteiger charge is 2.34. The van der Waals surface area contributed by atoms with E-state index >= 15 is 0 Å². The molecule has 0 unspecified atom stereocenters. The van der Waals surface area contributed by atoms with Crippen LogP contribution in [0.4, 0.5) is 5.69 Å². The summed E-state index contributed by atoms with van der Waals surface area (Å²) in [4.78, 5) is 19.6. The number of fused-ring (bicyclic) bond motifs is 1. The number of ether oxygens (including phenoxy) is 2. The number of amides is 1. The van der Waals surface area contributed by atoms with Crippen molar-refractivity contribution in [1.82, 2.24) is 9.55 Å². The third kappa shape index (κ3) is 4.42. The molecule has 0 radical (unpaired) electrons. The minimum absolute atomic E-state index is 0.0596. The monoisotopic (exact) mass is 441 g/mol. The maximum atomic E-state index is 12.8. The van der Waals surface area contributed by atoms with Crippen molar-refractivity contribution in [2.24, 2.45) is 0 Å². The summed E-state index contributed by atoms with van der Waals surface area (Å²) in [7, 11) is 1.65. The lowest BCUT2D eigenvalue weighted by atomic mass is 10.1. The summed E-state index contributed by atoms with van der Waals surface area (Å²) in [6.07, 6.45) is 1.30. The predicted molar refractivity (Wildman–Crippen MR) is 129 cm³/mol. The summed E-state index contributed by atoms with van der Waals surface area (Å²) >= 11 is 0. The molecule has 1 aromatic heterocycles. The number of benzene rings is 3. The second-order valence-electron chi connectivity index (χ2n) is 8.23. The van der Waals surface area contributed by atoms with Crippen LogP contribution < -0.4 is 14.4 Å². The second-order valence-corrected chi connectivity index (χ2v) is 8.23. The van der Waals surface area contributed by atoms with Gasteiger partial charge < -0.3 is 18.9 Å². The molecular formula is C27H27N3O3. The fraction of sp³-hybridized carbons (Fsp3) is 0.259. The van der Waals surface area contributed by atoms with Gasteiger partial charge in [0.15, 0.2) is 0 Å². The van der Waals surface area contributed by atoms with Crippen LogP contribution in [-0.4, -0.2) is 35.7 Å². The van der Waals surface area contributed by atoms with Crippen LogP contribution in [0, 0.1) is 0 Å². The van der Waals surface area contributed by atoms with E-state index in [1.54, 1.807) is 7.11 Å². The number of aromatic nitrogens is 2. The van der Waals surface area contributed by atoms with Crippen LogP contribution in [0.1, 0.15) is 24.6 Å². The number of para-hydroxylation sites is 3. The molecule has 0 bridgehead atoms. The molecule has 5 rings (SSSR count). The van der Waals surface area contributed by atoms with E-state index in [1.807, 2.05) is 77.7 Å². The molecule has 1 atom stereocenters. The number of aryl methyl sites for hydroxylation is 1. The second kappa shape index (κ2) is 9.36. The first kappa shape index (κ1) is 21.1. The van der Waals surface area contributed by atoms with Crippen molar-refractivity contribution in [3.63, 3.8) is 0 Å². The van der Waals surface area contributed by atoms with Crippen molar-refractivity contribution >= 4 is 22.6 Å². The average Bonchev–Trinajstić information content (AvgIpc) is 3.43. The normalized spacial score (nSPS) is 15.8. The van der Waals surface area contributed by atoms with Gasteiger partial charge >= 0.3 is 0 Å². The number of hydrogen-bond donors (Lipinski definition) is 0. The summed E-state index contributed by atoms with van der Waals surface area (Å²) in [5.74, 6) is 2.76. The Morgan fingerprint density at radius 2 is 1.76 bits per heavy atom. The zero-order chi connectivity index (χ0) is 22.6. The van der Waals surface area contributed by atoms with Gasteiger partial charge in [-0.3, -0.25) is 4.79 Å². The Labute approximate surface area is 193 Å². The Morgan fingerprint density at radius 3 is 2.61 bits per heavy atom. The number of anilines is 1. The lowest BCUT2D eigenvalue weighted by molar-refractivity contribution is -0.117.